The van der Waals surface area contributed by atoms with Crippen LogP contribution in [0.4, 0.5) is 14.5 Å². The number of nitrogens with two attached hydrogens (primary N) is 1. The molecule has 0 fully saturated rings. The Morgan fingerprint density at radius 3 is 2.82 bits per heavy atom. The van der Waals surface area contributed by atoms with E-state index in [0.29, 0.717) is 5.69 Å². The van der Waals surface area contributed by atoms with E-state index in [4.69, 9.17) is 5.73 Å². The lowest BCUT2D eigenvalue weighted by Gasteiger charge is -2.10. The molecule has 88 valence electrons. The van der Waals surface area contributed by atoms with Crippen molar-refractivity contribution in [2.75, 3.05) is 5.73 Å². The molecule has 1 aromatic carbocycles. The number of anilines is 1. The lowest BCUT2D eigenvalue weighted by Crippen LogP contribution is -2.02. The van der Waals surface area contributed by atoms with Crippen molar-refractivity contribution >= 4 is 32.5 Å². The van der Waals surface area contributed by atoms with Crippen LogP contribution >= 0.6 is 15.9 Å². The molecule has 0 bridgehead atoms. The number of pyridine rings is 1. The molecule has 0 saturated carbocycles. The highest BCUT2D eigenvalue weighted by Crippen LogP contribution is 2.36. The maximum absolute atomic E-state index is 14.0. The summed E-state index contributed by atoms with van der Waals surface area (Å²) < 4.78 is 27.8. The van der Waals surface area contributed by atoms with Crippen LogP contribution in [0.1, 0.15) is 17.7 Å². The maximum Gasteiger partial charge on any atom is 0.150 e. The van der Waals surface area contributed by atoms with Crippen LogP contribution < -0.4 is 5.73 Å². The van der Waals surface area contributed by atoms with Gasteiger partial charge >= 0.3 is 0 Å². The van der Waals surface area contributed by atoms with E-state index in [2.05, 4.69) is 20.9 Å². The molecule has 0 amide bonds. The van der Waals surface area contributed by atoms with Gasteiger partial charge in [-0.2, -0.15) is 0 Å². The standard InChI is InChI=1S/C12H9BrF2N2/c13-6-4-7(14)12-9(10(6)15)11(16)5-2-1-3-8(5)17-12/h4H,1-3H2,(H2,16,17). The molecule has 0 aliphatic heterocycles. The molecule has 0 atom stereocenters. The first kappa shape index (κ1) is 10.9. The summed E-state index contributed by atoms with van der Waals surface area (Å²) in [5, 5.41) is 0.0949. The number of halogens is 3. The number of rotatable bonds is 0. The molecular formula is C12H9BrF2N2. The third kappa shape index (κ3) is 1.45. The molecule has 2 aromatic rings. The molecule has 3 rings (SSSR count). The van der Waals surface area contributed by atoms with Crippen LogP contribution in [0, 0.1) is 11.6 Å². The Balaban J connectivity index is 2.52. The summed E-state index contributed by atoms with van der Waals surface area (Å²) >= 11 is 2.98. The molecular weight excluding hydrogens is 290 g/mol. The second-order valence-corrected chi connectivity index (χ2v) is 5.04. The van der Waals surface area contributed by atoms with Gasteiger partial charge in [0.05, 0.1) is 9.86 Å². The van der Waals surface area contributed by atoms with Crippen LogP contribution in [0.5, 0.6) is 0 Å². The number of benzene rings is 1. The van der Waals surface area contributed by atoms with Crippen molar-refractivity contribution in [2.24, 2.45) is 0 Å². The summed E-state index contributed by atoms with van der Waals surface area (Å²) in [7, 11) is 0. The molecule has 0 unspecified atom stereocenters. The highest BCUT2D eigenvalue weighted by atomic mass is 79.9. The van der Waals surface area contributed by atoms with Gasteiger partial charge in [0, 0.05) is 11.4 Å². The highest BCUT2D eigenvalue weighted by molar-refractivity contribution is 9.10. The molecule has 1 heterocycles. The topological polar surface area (TPSA) is 38.9 Å². The summed E-state index contributed by atoms with van der Waals surface area (Å²) in [5.74, 6) is -1.09. The molecule has 1 aromatic heterocycles. The van der Waals surface area contributed by atoms with Gasteiger partial charge in [0.15, 0.2) is 5.82 Å². The molecule has 2 N–H and O–H groups in total. The molecule has 0 saturated heterocycles. The number of nitrogens with zero attached hydrogens (tertiary/aromatic N) is 1. The molecule has 5 heteroatoms. The second kappa shape index (κ2) is 3.63. The number of fused-ring (bicyclic) bond motifs is 2. The van der Waals surface area contributed by atoms with Crippen molar-refractivity contribution in [3.8, 4) is 0 Å². The third-order valence-electron chi connectivity index (χ3n) is 3.18. The first-order chi connectivity index (χ1) is 8.09. The zero-order valence-electron chi connectivity index (χ0n) is 8.86. The maximum atomic E-state index is 14.0. The van der Waals surface area contributed by atoms with E-state index in [1.165, 1.54) is 0 Å². The minimum absolute atomic E-state index is 0.0313. The van der Waals surface area contributed by atoms with Crippen molar-refractivity contribution in [1.29, 1.82) is 0 Å². The summed E-state index contributed by atoms with van der Waals surface area (Å²) in [4.78, 5) is 4.20. The average Bonchev–Trinajstić information content (AvgIpc) is 2.74. The third-order valence-corrected chi connectivity index (χ3v) is 3.75. The van der Waals surface area contributed by atoms with E-state index in [9.17, 15) is 8.78 Å². The first-order valence-corrected chi connectivity index (χ1v) is 6.13. The summed E-state index contributed by atoms with van der Waals surface area (Å²) in [6.07, 6.45) is 2.51. The zero-order chi connectivity index (χ0) is 12.2. The van der Waals surface area contributed by atoms with Gasteiger partial charge in [0.25, 0.3) is 0 Å². The quantitative estimate of drug-likeness (QED) is 0.758. The van der Waals surface area contributed by atoms with E-state index in [0.717, 1.165) is 36.6 Å². The fourth-order valence-electron chi connectivity index (χ4n) is 2.37. The average molecular weight is 299 g/mol. The van der Waals surface area contributed by atoms with Crippen molar-refractivity contribution in [1.82, 2.24) is 4.98 Å². The minimum Gasteiger partial charge on any atom is -0.398 e. The van der Waals surface area contributed by atoms with Gasteiger partial charge in [-0.25, -0.2) is 13.8 Å². The first-order valence-electron chi connectivity index (χ1n) is 5.34. The van der Waals surface area contributed by atoms with Gasteiger partial charge in [-0.15, -0.1) is 0 Å². The SMILES string of the molecule is Nc1c2c(nc3c(F)cc(Br)c(F)c13)CCC2. The zero-order valence-corrected chi connectivity index (χ0v) is 10.4. The highest BCUT2D eigenvalue weighted by Gasteiger charge is 2.22. The Morgan fingerprint density at radius 2 is 2.06 bits per heavy atom. The van der Waals surface area contributed by atoms with Gasteiger partial charge in [-0.05, 0) is 46.8 Å². The number of nitrogen functional groups attached to an aromatic ring is 1. The van der Waals surface area contributed by atoms with Crippen LogP contribution in [-0.4, -0.2) is 4.98 Å². The van der Waals surface area contributed by atoms with Crippen LogP contribution in [0.2, 0.25) is 0 Å². The van der Waals surface area contributed by atoms with E-state index in [1.54, 1.807) is 0 Å². The minimum atomic E-state index is -0.547. The Kier molecular flexibility index (Phi) is 2.33. The normalized spacial score (nSPS) is 14.3. The monoisotopic (exact) mass is 298 g/mol. The molecule has 0 spiro atoms. The van der Waals surface area contributed by atoms with E-state index in [-0.39, 0.29) is 15.4 Å². The predicted octanol–water partition coefficient (Wildman–Crippen LogP) is 3.35. The molecule has 17 heavy (non-hydrogen) atoms. The van der Waals surface area contributed by atoms with Crippen molar-refractivity contribution < 1.29 is 8.78 Å². The Morgan fingerprint density at radius 1 is 1.29 bits per heavy atom. The molecule has 1 aliphatic carbocycles. The predicted molar refractivity (Wildman–Crippen MR) is 65.8 cm³/mol. The molecule has 0 radical (unpaired) electrons. The van der Waals surface area contributed by atoms with Gasteiger partial charge < -0.3 is 5.73 Å². The second-order valence-electron chi connectivity index (χ2n) is 4.18. The molecule has 2 nitrogen and oxygen atoms in total. The fourth-order valence-corrected chi connectivity index (χ4v) is 2.77. The fraction of sp³-hybridized carbons (Fsp3) is 0.250. The van der Waals surface area contributed by atoms with Crippen LogP contribution in [-0.2, 0) is 12.8 Å². The van der Waals surface area contributed by atoms with Crippen LogP contribution in [0.3, 0.4) is 0 Å². The smallest absolute Gasteiger partial charge is 0.150 e. The lowest BCUT2D eigenvalue weighted by atomic mass is 10.1. The molecule has 1 aliphatic rings. The largest absolute Gasteiger partial charge is 0.398 e. The summed E-state index contributed by atoms with van der Waals surface area (Å²) in [6.45, 7) is 0. The van der Waals surface area contributed by atoms with E-state index < -0.39 is 11.6 Å². The van der Waals surface area contributed by atoms with Crippen LogP contribution in [0.25, 0.3) is 10.9 Å². The van der Waals surface area contributed by atoms with Crippen LogP contribution in [0.15, 0.2) is 10.5 Å². The number of aromatic nitrogens is 1. The number of aryl methyl sites for hydroxylation is 1. The van der Waals surface area contributed by atoms with E-state index >= 15 is 0 Å². The van der Waals surface area contributed by atoms with Crippen molar-refractivity contribution in [3.63, 3.8) is 0 Å². The number of hydrogen-bond donors (Lipinski definition) is 1. The Bertz CT molecular complexity index is 640. The van der Waals surface area contributed by atoms with Crippen molar-refractivity contribution in [3.05, 3.63) is 33.4 Å². The Hall–Kier alpha value is -1.23. The lowest BCUT2D eigenvalue weighted by molar-refractivity contribution is 0.609. The van der Waals surface area contributed by atoms with Gasteiger partial charge in [0.2, 0.25) is 0 Å². The number of hydrogen-bond acceptors (Lipinski definition) is 2. The summed E-state index contributed by atoms with van der Waals surface area (Å²) in [6, 6.07) is 1.09. The van der Waals surface area contributed by atoms with Gasteiger partial charge in [0.1, 0.15) is 11.3 Å². The van der Waals surface area contributed by atoms with Crippen molar-refractivity contribution in [2.45, 2.75) is 19.3 Å². The summed E-state index contributed by atoms with van der Waals surface area (Å²) in [5.41, 5.74) is 7.98. The van der Waals surface area contributed by atoms with E-state index in [1.807, 2.05) is 0 Å². The Labute approximate surface area is 105 Å². The van der Waals surface area contributed by atoms with Gasteiger partial charge in [-0.3, -0.25) is 0 Å². The van der Waals surface area contributed by atoms with Gasteiger partial charge in [-0.1, -0.05) is 0 Å².